The molecule has 5 heteroatoms. The normalized spacial score (nSPS) is 22.7. The zero-order chi connectivity index (χ0) is 14.7. The van der Waals surface area contributed by atoms with Crippen molar-refractivity contribution >= 4 is 17.5 Å². The lowest BCUT2D eigenvalue weighted by molar-refractivity contribution is -0.132. The molecule has 110 valence electrons. The molecule has 0 unspecified atom stereocenters. The standard InChI is InChI=1S/C15H21ClN2O2/c1-10-8-18(9-11(2)17-10)15(19)6-12-4-5-13(20-3)7-14(12)16/h4-5,7,10-11,17H,6,8-9H2,1-3H3/t10-,11-/m0/s1. The van der Waals surface area contributed by atoms with E-state index in [0.717, 1.165) is 18.7 Å². The number of methoxy groups -OCH3 is 1. The number of nitrogens with zero attached hydrogens (tertiary/aromatic N) is 1. The van der Waals surface area contributed by atoms with E-state index in [1.54, 1.807) is 13.2 Å². The summed E-state index contributed by atoms with van der Waals surface area (Å²) in [4.78, 5) is 14.3. The fraction of sp³-hybridized carbons (Fsp3) is 0.533. The number of ether oxygens (including phenoxy) is 1. The van der Waals surface area contributed by atoms with E-state index in [9.17, 15) is 4.79 Å². The van der Waals surface area contributed by atoms with Gasteiger partial charge in [-0.1, -0.05) is 17.7 Å². The molecule has 2 atom stereocenters. The van der Waals surface area contributed by atoms with Gasteiger partial charge in [-0.15, -0.1) is 0 Å². The molecule has 1 N–H and O–H groups in total. The predicted octanol–water partition coefficient (Wildman–Crippen LogP) is 2.10. The van der Waals surface area contributed by atoms with Crippen LogP contribution in [0.3, 0.4) is 0 Å². The van der Waals surface area contributed by atoms with Gasteiger partial charge in [-0.3, -0.25) is 4.79 Å². The first kappa shape index (κ1) is 15.1. The number of piperazine rings is 1. The van der Waals surface area contributed by atoms with Crippen LogP contribution in [0.5, 0.6) is 5.75 Å². The fourth-order valence-corrected chi connectivity index (χ4v) is 2.84. The second-order valence-electron chi connectivity index (χ2n) is 5.40. The summed E-state index contributed by atoms with van der Waals surface area (Å²) in [7, 11) is 1.60. The fourth-order valence-electron chi connectivity index (χ4n) is 2.60. The SMILES string of the molecule is COc1ccc(CC(=O)N2C[C@H](C)N[C@@H](C)C2)c(Cl)c1. The van der Waals surface area contributed by atoms with Gasteiger partial charge < -0.3 is 15.0 Å². The first-order chi connectivity index (χ1) is 9.49. The molecular formula is C15H21ClN2O2. The number of halogens is 1. The Kier molecular flexibility index (Phi) is 4.89. The molecule has 0 aromatic heterocycles. The van der Waals surface area contributed by atoms with E-state index in [2.05, 4.69) is 19.2 Å². The third kappa shape index (κ3) is 3.64. The molecule has 0 saturated carbocycles. The second-order valence-corrected chi connectivity index (χ2v) is 5.81. The van der Waals surface area contributed by atoms with Crippen LogP contribution >= 0.6 is 11.6 Å². The number of carbonyl (C=O) groups is 1. The van der Waals surface area contributed by atoms with E-state index in [0.29, 0.717) is 29.3 Å². The molecule has 4 nitrogen and oxygen atoms in total. The monoisotopic (exact) mass is 296 g/mol. The number of nitrogens with one attached hydrogen (secondary N) is 1. The van der Waals surface area contributed by atoms with Gasteiger partial charge in [0.15, 0.2) is 0 Å². The number of benzene rings is 1. The highest BCUT2D eigenvalue weighted by molar-refractivity contribution is 6.31. The highest BCUT2D eigenvalue weighted by atomic mass is 35.5. The number of carbonyl (C=O) groups excluding carboxylic acids is 1. The van der Waals surface area contributed by atoms with Gasteiger partial charge in [0.05, 0.1) is 13.5 Å². The molecule has 0 aliphatic carbocycles. The van der Waals surface area contributed by atoms with Gasteiger partial charge in [-0.05, 0) is 31.5 Å². The van der Waals surface area contributed by atoms with E-state index < -0.39 is 0 Å². The predicted molar refractivity (Wildman–Crippen MR) is 80.3 cm³/mol. The Balaban J connectivity index is 2.04. The van der Waals surface area contributed by atoms with E-state index in [4.69, 9.17) is 16.3 Å². The van der Waals surface area contributed by atoms with Gasteiger partial charge in [-0.2, -0.15) is 0 Å². The quantitative estimate of drug-likeness (QED) is 0.929. The van der Waals surface area contributed by atoms with Gasteiger partial charge in [0.2, 0.25) is 5.91 Å². The summed E-state index contributed by atoms with van der Waals surface area (Å²) in [5, 5.41) is 4.00. The molecule has 1 fully saturated rings. The molecule has 0 spiro atoms. The van der Waals surface area contributed by atoms with Crippen LogP contribution in [0, 0.1) is 0 Å². The second kappa shape index (κ2) is 6.46. The highest BCUT2D eigenvalue weighted by Gasteiger charge is 2.25. The molecule has 1 aromatic rings. The van der Waals surface area contributed by atoms with Crippen molar-refractivity contribution in [3.8, 4) is 5.75 Å². The van der Waals surface area contributed by atoms with Crippen molar-refractivity contribution in [3.63, 3.8) is 0 Å². The molecule has 1 saturated heterocycles. The molecular weight excluding hydrogens is 276 g/mol. The van der Waals surface area contributed by atoms with E-state index in [1.807, 2.05) is 17.0 Å². The van der Waals surface area contributed by atoms with Crippen LogP contribution in [-0.2, 0) is 11.2 Å². The highest BCUT2D eigenvalue weighted by Crippen LogP contribution is 2.23. The maximum Gasteiger partial charge on any atom is 0.227 e. The van der Waals surface area contributed by atoms with Gasteiger partial charge in [0.25, 0.3) is 0 Å². The minimum Gasteiger partial charge on any atom is -0.497 e. The largest absolute Gasteiger partial charge is 0.497 e. The third-order valence-corrected chi connectivity index (χ3v) is 3.86. The molecule has 20 heavy (non-hydrogen) atoms. The third-order valence-electron chi connectivity index (χ3n) is 3.51. The molecule has 1 aliphatic heterocycles. The maximum atomic E-state index is 12.4. The van der Waals surface area contributed by atoms with E-state index >= 15 is 0 Å². The van der Waals surface area contributed by atoms with Crippen LogP contribution in [0.2, 0.25) is 5.02 Å². The molecule has 1 amide bonds. The van der Waals surface area contributed by atoms with Crippen molar-refractivity contribution in [3.05, 3.63) is 28.8 Å². The van der Waals surface area contributed by atoms with Gasteiger partial charge >= 0.3 is 0 Å². The number of hydrogen-bond acceptors (Lipinski definition) is 3. The molecule has 1 aliphatic rings. The first-order valence-electron chi connectivity index (χ1n) is 6.86. The molecule has 0 radical (unpaired) electrons. The summed E-state index contributed by atoms with van der Waals surface area (Å²) >= 11 is 6.19. The van der Waals surface area contributed by atoms with Crippen molar-refractivity contribution in [2.45, 2.75) is 32.4 Å². The minimum atomic E-state index is 0.122. The van der Waals surface area contributed by atoms with Crippen LogP contribution in [-0.4, -0.2) is 43.1 Å². The van der Waals surface area contributed by atoms with Crippen molar-refractivity contribution in [1.29, 1.82) is 0 Å². The van der Waals surface area contributed by atoms with Crippen LogP contribution in [0.1, 0.15) is 19.4 Å². The molecule has 1 heterocycles. The zero-order valence-corrected chi connectivity index (χ0v) is 12.9. The average Bonchev–Trinajstić information content (AvgIpc) is 2.39. The first-order valence-corrected chi connectivity index (χ1v) is 7.23. The van der Waals surface area contributed by atoms with Crippen molar-refractivity contribution in [2.24, 2.45) is 0 Å². The molecule has 1 aromatic carbocycles. The van der Waals surface area contributed by atoms with Gasteiger partial charge in [-0.25, -0.2) is 0 Å². The topological polar surface area (TPSA) is 41.6 Å². The number of hydrogen-bond donors (Lipinski definition) is 1. The zero-order valence-electron chi connectivity index (χ0n) is 12.1. The van der Waals surface area contributed by atoms with Gasteiger partial charge in [0, 0.05) is 30.2 Å². The Morgan fingerprint density at radius 2 is 2.05 bits per heavy atom. The Hall–Kier alpha value is -1.26. The minimum absolute atomic E-state index is 0.122. The summed E-state index contributed by atoms with van der Waals surface area (Å²) in [6.07, 6.45) is 0.336. The van der Waals surface area contributed by atoms with Crippen LogP contribution < -0.4 is 10.1 Å². The Morgan fingerprint density at radius 1 is 1.40 bits per heavy atom. The molecule has 2 rings (SSSR count). The summed E-state index contributed by atoms with van der Waals surface area (Å²) in [5.41, 5.74) is 0.844. The summed E-state index contributed by atoms with van der Waals surface area (Å²) in [6.45, 7) is 5.68. The number of rotatable bonds is 3. The van der Waals surface area contributed by atoms with Crippen LogP contribution in [0.25, 0.3) is 0 Å². The lowest BCUT2D eigenvalue weighted by atomic mass is 10.1. The van der Waals surface area contributed by atoms with Crippen molar-refractivity contribution in [2.75, 3.05) is 20.2 Å². The lowest BCUT2D eigenvalue weighted by Gasteiger charge is -2.36. The Labute approximate surface area is 125 Å². The van der Waals surface area contributed by atoms with E-state index in [1.165, 1.54) is 0 Å². The van der Waals surface area contributed by atoms with Crippen molar-refractivity contribution < 1.29 is 9.53 Å². The summed E-state index contributed by atoms with van der Waals surface area (Å²) < 4.78 is 5.11. The summed E-state index contributed by atoms with van der Waals surface area (Å²) in [6, 6.07) is 6.08. The Morgan fingerprint density at radius 3 is 2.60 bits per heavy atom. The lowest BCUT2D eigenvalue weighted by Crippen LogP contribution is -2.56. The van der Waals surface area contributed by atoms with E-state index in [-0.39, 0.29) is 5.91 Å². The maximum absolute atomic E-state index is 12.4. The Bertz CT molecular complexity index is 483. The van der Waals surface area contributed by atoms with Gasteiger partial charge in [0.1, 0.15) is 5.75 Å². The smallest absolute Gasteiger partial charge is 0.227 e. The van der Waals surface area contributed by atoms with Crippen LogP contribution in [0.15, 0.2) is 18.2 Å². The van der Waals surface area contributed by atoms with Crippen LogP contribution in [0.4, 0.5) is 0 Å². The summed E-state index contributed by atoms with van der Waals surface area (Å²) in [5.74, 6) is 0.827. The average molecular weight is 297 g/mol. The van der Waals surface area contributed by atoms with Crippen molar-refractivity contribution in [1.82, 2.24) is 10.2 Å². The molecule has 0 bridgehead atoms. The number of amides is 1.